The van der Waals surface area contributed by atoms with E-state index in [-0.39, 0.29) is 17.7 Å². The van der Waals surface area contributed by atoms with E-state index in [1.807, 2.05) is 4.90 Å². The van der Waals surface area contributed by atoms with E-state index < -0.39 is 0 Å². The second-order valence-electron chi connectivity index (χ2n) is 5.91. The van der Waals surface area contributed by atoms with Gasteiger partial charge in [-0.05, 0) is 25.0 Å². The Morgan fingerprint density at radius 1 is 1.30 bits per heavy atom. The van der Waals surface area contributed by atoms with E-state index in [0.29, 0.717) is 30.5 Å². The Labute approximate surface area is 132 Å². The molecule has 2 aliphatic rings. The number of nitrogens with one attached hydrogen (secondary N) is 1. The Balaban J connectivity index is 1.40. The predicted molar refractivity (Wildman–Crippen MR) is 80.6 cm³/mol. The number of aromatic nitrogens is 4. The number of carbonyl (C=O) groups excluding carboxylic acids is 2. The van der Waals surface area contributed by atoms with Gasteiger partial charge < -0.3 is 10.2 Å². The molecule has 0 spiro atoms. The SMILES string of the molecule is O=C(Nc1ccc(-n2cncn2)nc1)[C@@H]1CC(=O)N(C2CC2)C1. The third-order valence-corrected chi connectivity index (χ3v) is 4.19. The first-order valence-electron chi connectivity index (χ1n) is 7.62. The van der Waals surface area contributed by atoms with Crippen molar-refractivity contribution in [2.75, 3.05) is 11.9 Å². The van der Waals surface area contributed by atoms with Crippen molar-refractivity contribution in [3.8, 4) is 5.82 Å². The highest BCUT2D eigenvalue weighted by molar-refractivity contribution is 5.97. The van der Waals surface area contributed by atoms with E-state index in [1.54, 1.807) is 24.7 Å². The highest BCUT2D eigenvalue weighted by atomic mass is 16.2. The van der Waals surface area contributed by atoms with Crippen LogP contribution in [0.2, 0.25) is 0 Å². The highest BCUT2D eigenvalue weighted by Gasteiger charge is 2.41. The molecule has 0 unspecified atom stereocenters. The van der Waals surface area contributed by atoms with Crippen molar-refractivity contribution in [1.29, 1.82) is 0 Å². The number of anilines is 1. The number of hydrogen-bond donors (Lipinski definition) is 1. The lowest BCUT2D eigenvalue weighted by atomic mass is 10.1. The standard InChI is InChI=1S/C15H16N6O2/c22-14-5-10(7-20(14)12-2-3-12)15(23)19-11-1-4-13(17-6-11)21-9-16-8-18-21/h1,4,6,8-10,12H,2-3,5,7H2,(H,19,23)/t10-/m1/s1. The maximum absolute atomic E-state index is 12.3. The summed E-state index contributed by atoms with van der Waals surface area (Å²) in [5, 5.41) is 6.82. The lowest BCUT2D eigenvalue weighted by Gasteiger charge is -2.15. The van der Waals surface area contributed by atoms with E-state index >= 15 is 0 Å². The van der Waals surface area contributed by atoms with Gasteiger partial charge in [0.1, 0.15) is 12.7 Å². The van der Waals surface area contributed by atoms with Gasteiger partial charge in [-0.25, -0.2) is 14.6 Å². The van der Waals surface area contributed by atoms with Gasteiger partial charge in [0.15, 0.2) is 5.82 Å². The summed E-state index contributed by atoms with van der Waals surface area (Å²) in [6.45, 7) is 0.528. The summed E-state index contributed by atoms with van der Waals surface area (Å²) in [6, 6.07) is 3.88. The fraction of sp³-hybridized carbons (Fsp3) is 0.400. The van der Waals surface area contributed by atoms with Gasteiger partial charge in [0.05, 0.1) is 17.8 Å². The van der Waals surface area contributed by atoms with E-state index in [0.717, 1.165) is 12.8 Å². The van der Waals surface area contributed by atoms with Crippen molar-refractivity contribution in [2.24, 2.45) is 5.92 Å². The minimum absolute atomic E-state index is 0.0901. The molecule has 1 atom stereocenters. The molecule has 2 amide bonds. The molecule has 2 aromatic rings. The Kier molecular flexibility index (Phi) is 3.29. The fourth-order valence-corrected chi connectivity index (χ4v) is 2.81. The van der Waals surface area contributed by atoms with E-state index in [2.05, 4.69) is 20.4 Å². The molecule has 1 N–H and O–H groups in total. The quantitative estimate of drug-likeness (QED) is 0.893. The normalized spacial score (nSPS) is 20.8. The molecule has 0 radical (unpaired) electrons. The number of amides is 2. The zero-order valence-corrected chi connectivity index (χ0v) is 12.4. The van der Waals surface area contributed by atoms with Gasteiger partial charge in [-0.3, -0.25) is 9.59 Å². The molecular weight excluding hydrogens is 296 g/mol. The zero-order valence-electron chi connectivity index (χ0n) is 12.4. The first-order valence-corrected chi connectivity index (χ1v) is 7.62. The summed E-state index contributed by atoms with van der Waals surface area (Å²) in [5.41, 5.74) is 0.608. The average molecular weight is 312 g/mol. The van der Waals surface area contributed by atoms with Gasteiger partial charge in [-0.15, -0.1) is 0 Å². The molecule has 2 fully saturated rings. The van der Waals surface area contributed by atoms with Crippen LogP contribution >= 0.6 is 0 Å². The Morgan fingerprint density at radius 2 is 2.17 bits per heavy atom. The van der Waals surface area contributed by atoms with Crippen LogP contribution in [0.1, 0.15) is 19.3 Å². The topological polar surface area (TPSA) is 93.0 Å². The van der Waals surface area contributed by atoms with Crippen LogP contribution in [-0.4, -0.2) is 49.0 Å². The molecular formula is C15H16N6O2. The van der Waals surface area contributed by atoms with Gasteiger partial charge in [0, 0.05) is 19.0 Å². The predicted octanol–water partition coefficient (Wildman–Crippen LogP) is 0.612. The number of likely N-dealkylation sites (tertiary alicyclic amines) is 1. The largest absolute Gasteiger partial charge is 0.339 e. The Hall–Kier alpha value is -2.77. The van der Waals surface area contributed by atoms with Crippen LogP contribution in [0, 0.1) is 5.92 Å². The molecule has 1 saturated carbocycles. The van der Waals surface area contributed by atoms with Crippen molar-refractivity contribution >= 4 is 17.5 Å². The van der Waals surface area contributed by atoms with Crippen LogP contribution in [0.25, 0.3) is 5.82 Å². The lowest BCUT2D eigenvalue weighted by Crippen LogP contribution is -2.29. The average Bonchev–Trinajstić information content (AvgIpc) is 3.09. The summed E-state index contributed by atoms with van der Waals surface area (Å²) < 4.78 is 1.54. The molecule has 3 heterocycles. The molecule has 0 aromatic carbocycles. The first-order chi connectivity index (χ1) is 11.2. The number of carbonyl (C=O) groups is 2. The third kappa shape index (κ3) is 2.79. The molecule has 23 heavy (non-hydrogen) atoms. The van der Waals surface area contributed by atoms with Crippen LogP contribution in [-0.2, 0) is 9.59 Å². The van der Waals surface area contributed by atoms with Crippen LogP contribution in [0.15, 0.2) is 31.0 Å². The number of nitrogens with zero attached hydrogens (tertiary/aromatic N) is 5. The molecule has 2 aromatic heterocycles. The monoisotopic (exact) mass is 312 g/mol. The molecule has 1 aliphatic heterocycles. The second-order valence-corrected chi connectivity index (χ2v) is 5.91. The molecule has 1 aliphatic carbocycles. The minimum Gasteiger partial charge on any atom is -0.339 e. The molecule has 118 valence electrons. The Bertz CT molecular complexity index is 723. The van der Waals surface area contributed by atoms with E-state index in [4.69, 9.17) is 0 Å². The van der Waals surface area contributed by atoms with Crippen LogP contribution < -0.4 is 5.32 Å². The molecule has 8 nitrogen and oxygen atoms in total. The molecule has 4 rings (SSSR count). The van der Waals surface area contributed by atoms with Crippen LogP contribution in [0.5, 0.6) is 0 Å². The Morgan fingerprint density at radius 3 is 2.83 bits per heavy atom. The van der Waals surface area contributed by atoms with Gasteiger partial charge in [-0.1, -0.05) is 0 Å². The zero-order chi connectivity index (χ0) is 15.8. The number of rotatable bonds is 4. The summed E-state index contributed by atoms with van der Waals surface area (Å²) in [5.74, 6) is 0.304. The summed E-state index contributed by atoms with van der Waals surface area (Å²) in [7, 11) is 0. The smallest absolute Gasteiger partial charge is 0.229 e. The highest BCUT2D eigenvalue weighted by Crippen LogP contribution is 2.32. The van der Waals surface area contributed by atoms with Gasteiger partial charge in [0.2, 0.25) is 11.8 Å². The first kappa shape index (κ1) is 13.9. The van der Waals surface area contributed by atoms with Crippen LogP contribution in [0.4, 0.5) is 5.69 Å². The minimum atomic E-state index is -0.280. The van der Waals surface area contributed by atoms with E-state index in [9.17, 15) is 9.59 Å². The van der Waals surface area contributed by atoms with Gasteiger partial charge in [-0.2, -0.15) is 5.10 Å². The molecule has 8 heteroatoms. The van der Waals surface area contributed by atoms with Crippen molar-refractivity contribution < 1.29 is 9.59 Å². The third-order valence-electron chi connectivity index (χ3n) is 4.19. The van der Waals surface area contributed by atoms with Crippen molar-refractivity contribution in [1.82, 2.24) is 24.6 Å². The van der Waals surface area contributed by atoms with Crippen molar-refractivity contribution in [3.05, 3.63) is 31.0 Å². The summed E-state index contributed by atoms with van der Waals surface area (Å²) in [4.78, 5) is 34.2. The summed E-state index contributed by atoms with van der Waals surface area (Å²) in [6.07, 6.45) is 6.98. The summed E-state index contributed by atoms with van der Waals surface area (Å²) >= 11 is 0. The fourth-order valence-electron chi connectivity index (χ4n) is 2.81. The number of pyridine rings is 1. The van der Waals surface area contributed by atoms with Gasteiger partial charge in [0.25, 0.3) is 0 Å². The lowest BCUT2D eigenvalue weighted by molar-refractivity contribution is -0.128. The van der Waals surface area contributed by atoms with Gasteiger partial charge >= 0.3 is 0 Å². The van der Waals surface area contributed by atoms with E-state index in [1.165, 1.54) is 11.0 Å². The van der Waals surface area contributed by atoms with Crippen LogP contribution in [0.3, 0.4) is 0 Å². The maximum atomic E-state index is 12.3. The van der Waals surface area contributed by atoms with Crippen molar-refractivity contribution in [2.45, 2.75) is 25.3 Å². The molecule has 0 bridgehead atoms. The second kappa shape index (κ2) is 5.45. The van der Waals surface area contributed by atoms with Crippen molar-refractivity contribution in [3.63, 3.8) is 0 Å². The maximum Gasteiger partial charge on any atom is 0.229 e. The number of hydrogen-bond acceptors (Lipinski definition) is 5. The molecule has 1 saturated heterocycles.